The first-order valence-corrected chi connectivity index (χ1v) is 8.02. The van der Waals surface area contributed by atoms with E-state index < -0.39 is 22.8 Å². The van der Waals surface area contributed by atoms with Crippen LogP contribution in [0.5, 0.6) is 0 Å². The fourth-order valence-electron chi connectivity index (χ4n) is 2.73. The van der Waals surface area contributed by atoms with Crippen LogP contribution in [0.15, 0.2) is 18.2 Å². The fraction of sp³-hybridized carbons (Fsp3) is 0.579. The smallest absolute Gasteiger partial charge is 0.313 e. The lowest BCUT2D eigenvalue weighted by atomic mass is 9.71. The minimum atomic E-state index is -1.14. The van der Waals surface area contributed by atoms with E-state index in [0.717, 1.165) is 18.4 Å². The van der Waals surface area contributed by atoms with Crippen LogP contribution in [0.1, 0.15) is 64.7 Å². The van der Waals surface area contributed by atoms with Crippen molar-refractivity contribution in [3.05, 3.63) is 34.9 Å². The first-order chi connectivity index (χ1) is 10.4. The molecule has 4 nitrogen and oxygen atoms in total. The van der Waals surface area contributed by atoms with Crippen molar-refractivity contribution < 1.29 is 19.8 Å². The molecule has 0 amide bonds. The van der Waals surface area contributed by atoms with E-state index in [4.69, 9.17) is 0 Å². The maximum atomic E-state index is 11.8. The van der Waals surface area contributed by atoms with Gasteiger partial charge in [0.15, 0.2) is 0 Å². The van der Waals surface area contributed by atoms with E-state index in [1.165, 1.54) is 0 Å². The van der Waals surface area contributed by atoms with Gasteiger partial charge in [-0.15, -0.1) is 0 Å². The Hall–Kier alpha value is -1.84. The molecule has 0 unspecified atom stereocenters. The number of rotatable bonds is 7. The van der Waals surface area contributed by atoms with Crippen molar-refractivity contribution in [1.29, 1.82) is 0 Å². The van der Waals surface area contributed by atoms with Gasteiger partial charge in [0.1, 0.15) is 0 Å². The highest BCUT2D eigenvalue weighted by atomic mass is 16.4. The fourth-order valence-corrected chi connectivity index (χ4v) is 2.73. The topological polar surface area (TPSA) is 74.6 Å². The Morgan fingerprint density at radius 3 is 1.96 bits per heavy atom. The van der Waals surface area contributed by atoms with Crippen molar-refractivity contribution in [2.24, 2.45) is 5.92 Å². The van der Waals surface area contributed by atoms with Gasteiger partial charge in [-0.1, -0.05) is 32.0 Å². The van der Waals surface area contributed by atoms with Crippen LogP contribution < -0.4 is 0 Å². The molecule has 128 valence electrons. The van der Waals surface area contributed by atoms with Gasteiger partial charge in [-0.2, -0.15) is 0 Å². The highest BCUT2D eigenvalue weighted by Crippen LogP contribution is 2.37. The molecule has 0 bridgehead atoms. The summed E-state index contributed by atoms with van der Waals surface area (Å²) < 4.78 is 0. The number of carbonyl (C=O) groups is 2. The summed E-state index contributed by atoms with van der Waals surface area (Å²) in [5.74, 6) is -1.41. The Morgan fingerprint density at radius 2 is 1.52 bits per heavy atom. The van der Waals surface area contributed by atoms with E-state index >= 15 is 0 Å². The van der Waals surface area contributed by atoms with Gasteiger partial charge in [0.05, 0.1) is 10.8 Å². The quantitative estimate of drug-likeness (QED) is 0.796. The van der Waals surface area contributed by atoms with E-state index in [9.17, 15) is 19.8 Å². The summed E-state index contributed by atoms with van der Waals surface area (Å²) in [6.45, 7) is 10.8. The van der Waals surface area contributed by atoms with Crippen LogP contribution in [0.25, 0.3) is 0 Å². The molecule has 2 N–H and O–H groups in total. The summed E-state index contributed by atoms with van der Waals surface area (Å²) in [4.78, 5) is 23.5. The van der Waals surface area contributed by atoms with Crippen LogP contribution in [0.4, 0.5) is 0 Å². The van der Waals surface area contributed by atoms with Gasteiger partial charge in [0, 0.05) is 0 Å². The molecule has 0 atom stereocenters. The summed E-state index contributed by atoms with van der Waals surface area (Å²) in [5, 5.41) is 19.3. The average molecular weight is 320 g/mol. The molecule has 1 aromatic carbocycles. The number of carboxylic acids is 2. The zero-order valence-electron chi connectivity index (χ0n) is 14.9. The monoisotopic (exact) mass is 320 g/mol. The molecule has 0 saturated heterocycles. The minimum absolute atomic E-state index is 0.493. The van der Waals surface area contributed by atoms with E-state index in [1.54, 1.807) is 33.8 Å². The zero-order valence-corrected chi connectivity index (χ0v) is 14.9. The first-order valence-electron chi connectivity index (χ1n) is 8.02. The van der Waals surface area contributed by atoms with Crippen molar-refractivity contribution in [2.45, 2.75) is 65.2 Å². The summed E-state index contributed by atoms with van der Waals surface area (Å²) >= 11 is 0. The maximum Gasteiger partial charge on any atom is 0.313 e. The second-order valence-corrected chi connectivity index (χ2v) is 7.63. The Morgan fingerprint density at radius 1 is 1.00 bits per heavy atom. The molecule has 0 spiro atoms. The second-order valence-electron chi connectivity index (χ2n) is 7.63. The number of carboxylic acid groups (broad SMARTS) is 2. The highest BCUT2D eigenvalue weighted by Gasteiger charge is 2.40. The van der Waals surface area contributed by atoms with Crippen molar-refractivity contribution in [3.8, 4) is 0 Å². The SMILES string of the molecule is CC(C)CCc1cccc(C(C)(C)C(=O)O)c1C(C)(C)C(=O)O. The number of hydrogen-bond acceptors (Lipinski definition) is 2. The van der Waals surface area contributed by atoms with Crippen LogP contribution in [0.2, 0.25) is 0 Å². The third-order valence-corrected chi connectivity index (χ3v) is 4.51. The van der Waals surface area contributed by atoms with Gasteiger partial charge in [-0.05, 0) is 63.1 Å². The largest absolute Gasteiger partial charge is 0.481 e. The number of aryl methyl sites for hydroxylation is 1. The molecule has 0 aliphatic rings. The molecular weight excluding hydrogens is 292 g/mol. The third-order valence-electron chi connectivity index (χ3n) is 4.51. The molecule has 0 fully saturated rings. The van der Waals surface area contributed by atoms with Gasteiger partial charge in [-0.3, -0.25) is 9.59 Å². The van der Waals surface area contributed by atoms with E-state index in [1.807, 2.05) is 12.1 Å². The first kappa shape index (κ1) is 19.2. The maximum absolute atomic E-state index is 11.8. The molecule has 0 aromatic heterocycles. The molecule has 0 aliphatic carbocycles. The molecule has 23 heavy (non-hydrogen) atoms. The summed E-state index contributed by atoms with van der Waals surface area (Å²) in [5.41, 5.74) is -0.136. The molecule has 0 aliphatic heterocycles. The van der Waals surface area contributed by atoms with Crippen molar-refractivity contribution in [3.63, 3.8) is 0 Å². The zero-order chi connectivity index (χ0) is 18.0. The van der Waals surface area contributed by atoms with Gasteiger partial charge in [0.2, 0.25) is 0 Å². The van der Waals surface area contributed by atoms with Gasteiger partial charge in [-0.25, -0.2) is 0 Å². The molecule has 1 aromatic rings. The molecule has 0 radical (unpaired) electrons. The lowest BCUT2D eigenvalue weighted by Gasteiger charge is -2.32. The summed E-state index contributed by atoms with van der Waals surface area (Å²) in [6.07, 6.45) is 1.67. The number of benzene rings is 1. The standard InChI is InChI=1S/C19H28O4/c1-12(2)10-11-13-8-7-9-14(18(3,4)16(20)21)15(13)19(5,6)17(22)23/h7-9,12H,10-11H2,1-6H3,(H,20,21)(H,22,23). The Bertz CT molecular complexity index is 597. The molecule has 1 rings (SSSR count). The predicted molar refractivity (Wildman–Crippen MR) is 90.9 cm³/mol. The van der Waals surface area contributed by atoms with Gasteiger partial charge in [0.25, 0.3) is 0 Å². The van der Waals surface area contributed by atoms with Crippen LogP contribution in [0.3, 0.4) is 0 Å². The van der Waals surface area contributed by atoms with E-state index in [2.05, 4.69) is 13.8 Å². The van der Waals surface area contributed by atoms with E-state index in [0.29, 0.717) is 17.0 Å². The molecule has 4 heteroatoms. The Kier molecular flexibility index (Phi) is 5.62. The van der Waals surface area contributed by atoms with Gasteiger partial charge < -0.3 is 10.2 Å². The van der Waals surface area contributed by atoms with E-state index in [-0.39, 0.29) is 0 Å². The van der Waals surface area contributed by atoms with Crippen LogP contribution in [-0.2, 0) is 26.8 Å². The van der Waals surface area contributed by atoms with Crippen LogP contribution in [-0.4, -0.2) is 22.2 Å². The van der Waals surface area contributed by atoms with Crippen LogP contribution >= 0.6 is 0 Å². The predicted octanol–water partition coefficient (Wildman–Crippen LogP) is 4.00. The molecule has 0 heterocycles. The lowest BCUT2D eigenvalue weighted by molar-refractivity contribution is -0.144. The summed E-state index contributed by atoms with van der Waals surface area (Å²) in [7, 11) is 0. The highest BCUT2D eigenvalue weighted by molar-refractivity contribution is 5.85. The Balaban J connectivity index is 3.62. The number of aliphatic carboxylic acids is 2. The van der Waals surface area contributed by atoms with Crippen LogP contribution in [0, 0.1) is 5.92 Å². The molecule has 0 saturated carbocycles. The second kappa shape index (κ2) is 6.73. The normalized spacial score (nSPS) is 12.5. The average Bonchev–Trinajstić information content (AvgIpc) is 2.44. The van der Waals surface area contributed by atoms with Gasteiger partial charge >= 0.3 is 11.9 Å². The van der Waals surface area contributed by atoms with Crippen molar-refractivity contribution in [2.75, 3.05) is 0 Å². The number of hydrogen-bond donors (Lipinski definition) is 2. The molecular formula is C19H28O4. The third kappa shape index (κ3) is 3.92. The van der Waals surface area contributed by atoms with Crippen molar-refractivity contribution in [1.82, 2.24) is 0 Å². The summed E-state index contributed by atoms with van der Waals surface area (Å²) in [6, 6.07) is 5.49. The van der Waals surface area contributed by atoms with Crippen molar-refractivity contribution >= 4 is 11.9 Å². The lowest BCUT2D eigenvalue weighted by Crippen LogP contribution is -2.37. The Labute approximate surface area is 138 Å². The minimum Gasteiger partial charge on any atom is -0.481 e.